The molecule has 0 spiro atoms. The van der Waals surface area contributed by atoms with Gasteiger partial charge in [0.2, 0.25) is 10.0 Å². The number of para-hydroxylation sites is 1. The van der Waals surface area contributed by atoms with E-state index in [0.717, 1.165) is 19.3 Å². The Labute approximate surface area is 208 Å². The second kappa shape index (κ2) is 14.1. The van der Waals surface area contributed by atoms with Crippen LogP contribution in [-0.4, -0.2) is 25.2 Å². The summed E-state index contributed by atoms with van der Waals surface area (Å²) in [7, 11) is -3.61. The first-order valence-electron chi connectivity index (χ1n) is 11.9. The molecule has 0 saturated carbocycles. The first kappa shape index (κ1) is 27.8. The van der Waals surface area contributed by atoms with Gasteiger partial charge in [0.05, 0.1) is 33.4 Å². The molecule has 5 N–H and O–H groups in total. The second-order valence-electron chi connectivity index (χ2n) is 8.49. The van der Waals surface area contributed by atoms with Gasteiger partial charge < -0.3 is 16.2 Å². The minimum absolute atomic E-state index is 0.00614. The number of anilines is 3. The molecule has 0 saturated heterocycles. The van der Waals surface area contributed by atoms with Crippen LogP contribution in [0.15, 0.2) is 36.4 Å². The van der Waals surface area contributed by atoms with Crippen LogP contribution in [0.3, 0.4) is 0 Å². The molecule has 2 rings (SSSR count). The predicted octanol–water partition coefficient (Wildman–Crippen LogP) is 6.54. The fraction of sp³-hybridized carbons (Fsp3) is 0.480. The van der Waals surface area contributed by atoms with Crippen molar-refractivity contribution in [2.75, 3.05) is 21.5 Å². The highest BCUT2D eigenvalue weighted by Gasteiger charge is 2.18. The maximum Gasteiger partial charge on any atom is 0.257 e. The highest BCUT2D eigenvalue weighted by Crippen LogP contribution is 2.32. The summed E-state index contributed by atoms with van der Waals surface area (Å²) in [5, 5.41) is 12.7. The monoisotopic (exact) mass is 509 g/mol. The molecule has 0 aliphatic carbocycles. The number of nitrogens with one attached hydrogen (secondary N) is 2. The SMILES string of the molecule is CCCCCCCCCCCCS(=O)(=O)Nc1ccccc1C(=O)Nc1cc(Cl)c(N)cc1O. The van der Waals surface area contributed by atoms with Crippen molar-refractivity contribution in [2.24, 2.45) is 0 Å². The average molecular weight is 510 g/mol. The van der Waals surface area contributed by atoms with Crippen LogP contribution in [-0.2, 0) is 10.0 Å². The number of benzene rings is 2. The largest absolute Gasteiger partial charge is 0.506 e. The molecule has 0 aliphatic rings. The van der Waals surface area contributed by atoms with E-state index in [-0.39, 0.29) is 39.2 Å². The molecule has 0 unspecified atom stereocenters. The molecule has 0 atom stereocenters. The standard InChI is InChI=1S/C25H36ClN3O4S/c1-2-3-4-5-6-7-8-9-10-13-16-34(32,33)29-22-15-12-11-14-19(22)25(31)28-23-17-20(26)21(27)18-24(23)30/h11-12,14-15,17-18,29-30H,2-10,13,16,27H2,1H3,(H,28,31). The third kappa shape index (κ3) is 9.43. The third-order valence-electron chi connectivity index (χ3n) is 5.57. The molecule has 0 aliphatic heterocycles. The zero-order chi connectivity index (χ0) is 25.0. The van der Waals surface area contributed by atoms with Gasteiger partial charge in [-0.2, -0.15) is 0 Å². The van der Waals surface area contributed by atoms with E-state index in [1.165, 1.54) is 62.8 Å². The van der Waals surface area contributed by atoms with Gasteiger partial charge >= 0.3 is 0 Å². The Hall–Kier alpha value is -2.45. The number of carbonyl (C=O) groups is 1. The van der Waals surface area contributed by atoms with Gasteiger partial charge in [-0.25, -0.2) is 8.42 Å². The minimum Gasteiger partial charge on any atom is -0.506 e. The lowest BCUT2D eigenvalue weighted by molar-refractivity contribution is 0.102. The van der Waals surface area contributed by atoms with E-state index >= 15 is 0 Å². The molecule has 34 heavy (non-hydrogen) atoms. The lowest BCUT2D eigenvalue weighted by atomic mass is 10.1. The smallest absolute Gasteiger partial charge is 0.257 e. The lowest BCUT2D eigenvalue weighted by Crippen LogP contribution is -2.20. The summed E-state index contributed by atoms with van der Waals surface area (Å²) >= 11 is 5.97. The first-order valence-corrected chi connectivity index (χ1v) is 14.0. The molecule has 2 aromatic rings. The zero-order valence-electron chi connectivity index (χ0n) is 19.8. The number of amides is 1. The molecule has 1 amide bonds. The van der Waals surface area contributed by atoms with E-state index in [2.05, 4.69) is 17.0 Å². The Morgan fingerprint density at radius 1 is 0.941 bits per heavy atom. The number of halogens is 1. The molecule has 0 fully saturated rings. The quantitative estimate of drug-likeness (QED) is 0.123. The van der Waals surface area contributed by atoms with Gasteiger partial charge in [0.15, 0.2) is 0 Å². The number of phenols is 1. The molecular weight excluding hydrogens is 474 g/mol. The van der Waals surface area contributed by atoms with Crippen LogP contribution in [0.4, 0.5) is 17.1 Å². The summed E-state index contributed by atoms with van der Waals surface area (Å²) < 4.78 is 27.7. The highest BCUT2D eigenvalue weighted by molar-refractivity contribution is 7.92. The molecule has 2 aromatic carbocycles. The number of nitrogens with two attached hydrogens (primary N) is 1. The number of hydrogen-bond acceptors (Lipinski definition) is 5. The molecule has 9 heteroatoms. The Bertz CT molecular complexity index is 1040. The van der Waals surface area contributed by atoms with Crippen molar-refractivity contribution in [1.82, 2.24) is 0 Å². The van der Waals surface area contributed by atoms with Crippen molar-refractivity contribution >= 4 is 44.6 Å². The van der Waals surface area contributed by atoms with Gasteiger partial charge in [-0.3, -0.25) is 9.52 Å². The van der Waals surface area contributed by atoms with Crippen LogP contribution < -0.4 is 15.8 Å². The summed E-state index contributed by atoms with van der Waals surface area (Å²) in [4.78, 5) is 12.8. The minimum atomic E-state index is -3.61. The molecule has 0 heterocycles. The third-order valence-corrected chi connectivity index (χ3v) is 7.25. The topological polar surface area (TPSA) is 122 Å². The van der Waals surface area contributed by atoms with E-state index in [4.69, 9.17) is 17.3 Å². The molecule has 7 nitrogen and oxygen atoms in total. The number of rotatable bonds is 15. The van der Waals surface area contributed by atoms with E-state index < -0.39 is 15.9 Å². The zero-order valence-corrected chi connectivity index (χ0v) is 21.4. The average Bonchev–Trinajstić information content (AvgIpc) is 2.78. The van der Waals surface area contributed by atoms with Crippen LogP contribution in [0.25, 0.3) is 0 Å². The van der Waals surface area contributed by atoms with Gasteiger partial charge in [0, 0.05) is 6.07 Å². The number of hydrogen-bond donors (Lipinski definition) is 4. The number of sulfonamides is 1. The number of aromatic hydroxyl groups is 1. The van der Waals surface area contributed by atoms with E-state index in [0.29, 0.717) is 6.42 Å². The summed E-state index contributed by atoms with van der Waals surface area (Å²) in [6.07, 6.45) is 11.2. The van der Waals surface area contributed by atoms with Gasteiger partial charge in [0.1, 0.15) is 5.75 Å². The van der Waals surface area contributed by atoms with Crippen molar-refractivity contribution in [3.63, 3.8) is 0 Å². The molecular formula is C25H36ClN3O4S. The lowest BCUT2D eigenvalue weighted by Gasteiger charge is -2.14. The van der Waals surface area contributed by atoms with Gasteiger partial charge in [0.25, 0.3) is 5.91 Å². The van der Waals surface area contributed by atoms with Crippen molar-refractivity contribution < 1.29 is 18.3 Å². The summed E-state index contributed by atoms with van der Waals surface area (Å²) in [6.45, 7) is 2.21. The van der Waals surface area contributed by atoms with E-state index in [1.807, 2.05) is 0 Å². The summed E-state index contributed by atoms with van der Waals surface area (Å²) in [5.74, 6) is -0.837. The van der Waals surface area contributed by atoms with Crippen LogP contribution in [0.2, 0.25) is 5.02 Å². The normalized spacial score (nSPS) is 11.4. The maximum atomic E-state index is 12.8. The van der Waals surface area contributed by atoms with Gasteiger partial charge in [-0.05, 0) is 24.6 Å². The molecule has 0 radical (unpaired) electrons. The maximum absolute atomic E-state index is 12.8. The van der Waals surface area contributed by atoms with Crippen LogP contribution in [0, 0.1) is 0 Å². The summed E-state index contributed by atoms with van der Waals surface area (Å²) in [5.41, 5.74) is 6.19. The van der Waals surface area contributed by atoms with Crippen molar-refractivity contribution in [3.05, 3.63) is 47.0 Å². The fourth-order valence-corrected chi connectivity index (χ4v) is 5.00. The van der Waals surface area contributed by atoms with E-state index in [9.17, 15) is 18.3 Å². The summed E-state index contributed by atoms with van der Waals surface area (Å²) in [6, 6.07) is 8.88. The number of phenolic OH excluding ortho intramolecular Hbond substituents is 1. The number of nitrogen functional groups attached to an aromatic ring is 1. The van der Waals surface area contributed by atoms with Crippen molar-refractivity contribution in [1.29, 1.82) is 0 Å². The van der Waals surface area contributed by atoms with Gasteiger partial charge in [-0.1, -0.05) is 88.4 Å². The number of carbonyl (C=O) groups excluding carboxylic acids is 1. The van der Waals surface area contributed by atoms with Gasteiger partial charge in [-0.15, -0.1) is 0 Å². The second-order valence-corrected chi connectivity index (χ2v) is 10.7. The molecule has 188 valence electrons. The van der Waals surface area contributed by atoms with Crippen molar-refractivity contribution in [3.8, 4) is 5.75 Å². The fourth-order valence-electron chi connectivity index (χ4n) is 3.64. The Kier molecular flexibility index (Phi) is 11.5. The van der Waals surface area contributed by atoms with Crippen LogP contribution >= 0.6 is 11.6 Å². The van der Waals surface area contributed by atoms with Crippen LogP contribution in [0.5, 0.6) is 5.75 Å². The van der Waals surface area contributed by atoms with Crippen molar-refractivity contribution in [2.45, 2.75) is 71.1 Å². The molecule has 0 bridgehead atoms. The Morgan fingerprint density at radius 3 is 2.18 bits per heavy atom. The highest BCUT2D eigenvalue weighted by atomic mass is 35.5. The first-order chi connectivity index (χ1) is 16.2. The Balaban J connectivity index is 1.86. The predicted molar refractivity (Wildman–Crippen MR) is 141 cm³/mol. The van der Waals surface area contributed by atoms with Crippen LogP contribution in [0.1, 0.15) is 81.5 Å². The number of unbranched alkanes of at least 4 members (excludes halogenated alkanes) is 9. The molecule has 0 aromatic heterocycles. The Morgan fingerprint density at radius 2 is 1.53 bits per heavy atom. The van der Waals surface area contributed by atoms with E-state index in [1.54, 1.807) is 12.1 Å².